The molecule has 1 aromatic heterocycles. The molecular weight excluding hydrogens is 216 g/mol. The molecule has 4 nitrogen and oxygen atoms in total. The number of rotatable bonds is 4. The first kappa shape index (κ1) is 12.0. The lowest BCUT2D eigenvalue weighted by Gasteiger charge is -2.11. The van der Waals surface area contributed by atoms with E-state index in [1.165, 1.54) is 0 Å². The van der Waals surface area contributed by atoms with Crippen LogP contribution in [-0.4, -0.2) is 23.5 Å². The zero-order valence-electron chi connectivity index (χ0n) is 9.13. The zero-order chi connectivity index (χ0) is 11.4. The Morgan fingerprint density at radius 1 is 1.60 bits per heavy atom. The summed E-state index contributed by atoms with van der Waals surface area (Å²) in [6, 6.07) is 0. The molecule has 1 amide bonds. The van der Waals surface area contributed by atoms with E-state index in [9.17, 15) is 4.79 Å². The number of amides is 1. The van der Waals surface area contributed by atoms with Crippen LogP contribution in [0.2, 0.25) is 0 Å². The zero-order valence-corrected chi connectivity index (χ0v) is 9.89. The molecule has 15 heavy (non-hydrogen) atoms. The van der Waals surface area contributed by atoms with Crippen molar-refractivity contribution < 1.29 is 9.32 Å². The number of aryl methyl sites for hydroxylation is 2. The first-order chi connectivity index (χ1) is 7.06. The van der Waals surface area contributed by atoms with Crippen LogP contribution in [0.5, 0.6) is 0 Å². The van der Waals surface area contributed by atoms with Gasteiger partial charge in [-0.25, -0.2) is 0 Å². The van der Waals surface area contributed by atoms with Crippen molar-refractivity contribution in [3.8, 4) is 0 Å². The average Bonchev–Trinajstić information content (AvgIpc) is 2.54. The summed E-state index contributed by atoms with van der Waals surface area (Å²) in [7, 11) is 0. The third-order valence-electron chi connectivity index (χ3n) is 2.31. The lowest BCUT2D eigenvalue weighted by atomic mass is 10.00. The Labute approximate surface area is 94.0 Å². The van der Waals surface area contributed by atoms with E-state index < -0.39 is 0 Å². The van der Waals surface area contributed by atoms with Crippen molar-refractivity contribution in [1.29, 1.82) is 0 Å². The first-order valence-corrected chi connectivity index (χ1v) is 5.35. The van der Waals surface area contributed by atoms with Crippen LogP contribution in [0, 0.1) is 13.8 Å². The lowest BCUT2D eigenvalue weighted by Crippen LogP contribution is -2.28. The van der Waals surface area contributed by atoms with Crippen molar-refractivity contribution in [3.63, 3.8) is 0 Å². The lowest BCUT2D eigenvalue weighted by molar-refractivity contribution is -0.118. The van der Waals surface area contributed by atoms with Gasteiger partial charge in [-0.05, 0) is 13.8 Å². The molecule has 0 bridgehead atoms. The topological polar surface area (TPSA) is 55.1 Å². The number of aromatic nitrogens is 1. The van der Waals surface area contributed by atoms with Crippen LogP contribution in [0.3, 0.4) is 0 Å². The molecule has 84 valence electrons. The summed E-state index contributed by atoms with van der Waals surface area (Å²) in [6.45, 7) is 6.33. The highest BCUT2D eigenvalue weighted by Crippen LogP contribution is 2.22. The number of hydrogen-bond acceptors (Lipinski definition) is 3. The van der Waals surface area contributed by atoms with Gasteiger partial charge in [0.2, 0.25) is 5.91 Å². The Hall–Kier alpha value is -1.03. The monoisotopic (exact) mass is 230 g/mol. The van der Waals surface area contributed by atoms with Crippen molar-refractivity contribution in [3.05, 3.63) is 17.0 Å². The molecule has 1 rings (SSSR count). The van der Waals surface area contributed by atoms with Crippen molar-refractivity contribution >= 4 is 17.5 Å². The van der Waals surface area contributed by atoms with Crippen molar-refractivity contribution in [2.75, 3.05) is 12.4 Å². The molecule has 1 N–H and O–H groups in total. The molecular formula is C10H15ClN2O2. The molecule has 1 heterocycles. The molecule has 0 aliphatic carbocycles. The van der Waals surface area contributed by atoms with Gasteiger partial charge in [0.1, 0.15) is 11.6 Å². The highest BCUT2D eigenvalue weighted by Gasteiger charge is 2.16. The van der Waals surface area contributed by atoms with Gasteiger partial charge in [-0.15, -0.1) is 11.6 Å². The SMILES string of the molecule is Cc1noc(C)c1C(C)CNC(=O)CCl. The van der Waals surface area contributed by atoms with Gasteiger partial charge in [0.25, 0.3) is 0 Å². The third kappa shape index (κ3) is 2.96. The molecule has 5 heteroatoms. The molecule has 0 spiro atoms. The van der Waals surface area contributed by atoms with Gasteiger partial charge in [0, 0.05) is 18.0 Å². The molecule has 1 aromatic rings. The molecule has 1 unspecified atom stereocenters. The predicted molar refractivity (Wildman–Crippen MR) is 58.1 cm³/mol. The van der Waals surface area contributed by atoms with Gasteiger partial charge in [0.05, 0.1) is 5.69 Å². The summed E-state index contributed by atoms with van der Waals surface area (Å²) >= 11 is 5.38. The maximum atomic E-state index is 11.0. The minimum Gasteiger partial charge on any atom is -0.361 e. The number of alkyl halides is 1. The number of carbonyl (C=O) groups excluding carboxylic acids is 1. The summed E-state index contributed by atoms with van der Waals surface area (Å²) in [5, 5.41) is 6.61. The minimum atomic E-state index is -0.157. The fourth-order valence-corrected chi connectivity index (χ4v) is 1.70. The predicted octanol–water partition coefficient (Wildman–Crippen LogP) is 1.75. The van der Waals surface area contributed by atoms with Gasteiger partial charge in [0.15, 0.2) is 0 Å². The van der Waals surface area contributed by atoms with Crippen LogP contribution in [0.25, 0.3) is 0 Å². The number of halogens is 1. The Balaban J connectivity index is 2.61. The number of hydrogen-bond donors (Lipinski definition) is 1. The highest BCUT2D eigenvalue weighted by molar-refractivity contribution is 6.27. The maximum absolute atomic E-state index is 11.0. The van der Waals surface area contributed by atoms with Gasteiger partial charge >= 0.3 is 0 Å². The smallest absolute Gasteiger partial charge is 0.234 e. The van der Waals surface area contributed by atoms with Gasteiger partial charge < -0.3 is 9.84 Å². The average molecular weight is 231 g/mol. The second kappa shape index (κ2) is 5.16. The summed E-state index contributed by atoms with van der Waals surface area (Å²) in [5.41, 5.74) is 1.94. The van der Waals surface area contributed by atoms with Crippen molar-refractivity contribution in [2.45, 2.75) is 26.7 Å². The van der Waals surface area contributed by atoms with E-state index in [1.807, 2.05) is 20.8 Å². The second-order valence-electron chi connectivity index (χ2n) is 3.58. The summed E-state index contributed by atoms with van der Waals surface area (Å²) < 4.78 is 5.06. The molecule has 1 atom stereocenters. The number of nitrogens with one attached hydrogen (secondary N) is 1. The van der Waals surface area contributed by atoms with Crippen molar-refractivity contribution in [2.24, 2.45) is 0 Å². The highest BCUT2D eigenvalue weighted by atomic mass is 35.5. The normalized spacial score (nSPS) is 12.5. The van der Waals surface area contributed by atoms with Gasteiger partial charge in [-0.1, -0.05) is 12.1 Å². The fourth-order valence-electron chi connectivity index (χ4n) is 1.61. The molecule has 0 saturated carbocycles. The standard InChI is InChI=1S/C10H15ClN2O2/c1-6(5-12-9(14)4-11)10-7(2)13-15-8(10)3/h6H,4-5H2,1-3H3,(H,12,14). The largest absolute Gasteiger partial charge is 0.361 e. The quantitative estimate of drug-likeness (QED) is 0.802. The maximum Gasteiger partial charge on any atom is 0.234 e. The Bertz CT molecular complexity index is 330. The van der Waals surface area contributed by atoms with Crippen LogP contribution >= 0.6 is 11.6 Å². The van der Waals surface area contributed by atoms with Crippen LogP contribution in [-0.2, 0) is 4.79 Å². The summed E-state index contributed by atoms with van der Waals surface area (Å²) in [6.07, 6.45) is 0. The van der Waals surface area contributed by atoms with Crippen LogP contribution in [0.15, 0.2) is 4.52 Å². The van der Waals surface area contributed by atoms with E-state index in [0.29, 0.717) is 6.54 Å². The van der Waals surface area contributed by atoms with E-state index >= 15 is 0 Å². The first-order valence-electron chi connectivity index (χ1n) is 4.81. The van der Waals surface area contributed by atoms with E-state index in [2.05, 4.69) is 10.5 Å². The van der Waals surface area contributed by atoms with E-state index in [-0.39, 0.29) is 17.7 Å². The molecule has 0 aromatic carbocycles. The van der Waals surface area contributed by atoms with Gasteiger partial charge in [-0.2, -0.15) is 0 Å². The Morgan fingerprint density at radius 2 is 2.27 bits per heavy atom. The molecule has 0 radical (unpaired) electrons. The summed E-state index contributed by atoms with van der Waals surface area (Å²) in [4.78, 5) is 11.0. The second-order valence-corrected chi connectivity index (χ2v) is 3.84. The van der Waals surface area contributed by atoms with E-state index in [1.54, 1.807) is 0 Å². The number of nitrogens with zero attached hydrogens (tertiary/aromatic N) is 1. The fraction of sp³-hybridized carbons (Fsp3) is 0.600. The van der Waals surface area contributed by atoms with Crippen LogP contribution in [0.4, 0.5) is 0 Å². The van der Waals surface area contributed by atoms with Crippen molar-refractivity contribution in [1.82, 2.24) is 10.5 Å². The third-order valence-corrected chi connectivity index (χ3v) is 2.55. The minimum absolute atomic E-state index is 0.00563. The van der Waals surface area contributed by atoms with E-state index in [0.717, 1.165) is 17.0 Å². The molecule has 0 aliphatic rings. The Morgan fingerprint density at radius 3 is 2.73 bits per heavy atom. The van der Waals surface area contributed by atoms with Crippen LogP contribution in [0.1, 0.15) is 29.9 Å². The van der Waals surface area contributed by atoms with E-state index in [4.69, 9.17) is 16.1 Å². The van der Waals surface area contributed by atoms with Crippen LogP contribution < -0.4 is 5.32 Å². The summed E-state index contributed by atoms with van der Waals surface area (Å²) in [5.74, 6) is 0.827. The molecule has 0 aliphatic heterocycles. The molecule has 0 saturated heterocycles. The molecule has 0 fully saturated rings. The number of carbonyl (C=O) groups is 1. The van der Waals surface area contributed by atoms with Gasteiger partial charge in [-0.3, -0.25) is 4.79 Å². The Kier molecular flexibility index (Phi) is 4.15.